The summed E-state index contributed by atoms with van der Waals surface area (Å²) in [6.45, 7) is 0.236. The number of rotatable bonds is 5. The lowest BCUT2D eigenvalue weighted by atomic mass is 9.86. The molecule has 0 aromatic heterocycles. The van der Waals surface area contributed by atoms with Crippen molar-refractivity contribution in [2.24, 2.45) is 0 Å². The normalized spacial score (nSPS) is 15.9. The van der Waals surface area contributed by atoms with Crippen molar-refractivity contribution in [2.45, 2.75) is 19.1 Å². The third-order valence-electron chi connectivity index (χ3n) is 6.03. The Hall–Kier alpha value is -4.13. The molecule has 1 amide bonds. The Labute approximate surface area is 190 Å². The van der Waals surface area contributed by atoms with Crippen LogP contribution in [0, 0.1) is 0 Å². The SMILES string of the molecule is COC(=O)CC1Oc2ccccc2-c2ccc3c(c21)C(=O)C(=O)N3Cc1ccc(OC)cc1. The van der Waals surface area contributed by atoms with E-state index in [0.717, 1.165) is 16.7 Å². The van der Waals surface area contributed by atoms with E-state index in [4.69, 9.17) is 14.2 Å². The van der Waals surface area contributed by atoms with Crippen LogP contribution in [0.1, 0.15) is 34.0 Å². The van der Waals surface area contributed by atoms with Gasteiger partial charge in [-0.1, -0.05) is 36.4 Å². The summed E-state index contributed by atoms with van der Waals surface area (Å²) in [5.41, 5.74) is 3.79. The van der Waals surface area contributed by atoms with Gasteiger partial charge in [-0.2, -0.15) is 0 Å². The fourth-order valence-electron chi connectivity index (χ4n) is 4.43. The summed E-state index contributed by atoms with van der Waals surface area (Å²) in [6.07, 6.45) is -0.816. The van der Waals surface area contributed by atoms with Crippen LogP contribution in [0.2, 0.25) is 0 Å². The maximum atomic E-state index is 13.2. The molecular formula is C26H21NO6. The van der Waals surface area contributed by atoms with Crippen LogP contribution in [0.5, 0.6) is 11.5 Å². The molecule has 1 atom stereocenters. The van der Waals surface area contributed by atoms with E-state index in [1.165, 1.54) is 12.0 Å². The predicted octanol–water partition coefficient (Wildman–Crippen LogP) is 4.09. The Morgan fingerprint density at radius 2 is 1.73 bits per heavy atom. The van der Waals surface area contributed by atoms with E-state index in [9.17, 15) is 14.4 Å². The smallest absolute Gasteiger partial charge is 0.309 e. The van der Waals surface area contributed by atoms with E-state index < -0.39 is 23.8 Å². The van der Waals surface area contributed by atoms with E-state index >= 15 is 0 Å². The Bertz CT molecular complexity index is 1280. The van der Waals surface area contributed by atoms with Crippen LogP contribution in [0.25, 0.3) is 11.1 Å². The zero-order chi connectivity index (χ0) is 23.1. The summed E-state index contributed by atoms with van der Waals surface area (Å²) in [4.78, 5) is 39.8. The number of nitrogens with zero attached hydrogens (tertiary/aromatic N) is 1. The fraction of sp³-hybridized carbons (Fsp3) is 0.192. The number of hydrogen-bond acceptors (Lipinski definition) is 6. The molecule has 0 N–H and O–H groups in total. The molecule has 7 nitrogen and oxygen atoms in total. The second kappa shape index (κ2) is 8.09. The van der Waals surface area contributed by atoms with Crippen molar-refractivity contribution in [3.05, 3.63) is 77.4 Å². The Kier molecular flexibility index (Phi) is 5.09. The standard InChI is InChI=1S/C26H21NO6/c1-31-16-9-7-15(8-10-16)14-27-19-12-11-18-17-5-3-4-6-20(17)33-21(13-22(28)32-2)23(18)24(19)25(29)26(27)30/h3-12,21H,13-14H2,1-2H3. The van der Waals surface area contributed by atoms with Gasteiger partial charge < -0.3 is 19.1 Å². The zero-order valence-corrected chi connectivity index (χ0v) is 18.2. The third kappa shape index (κ3) is 3.42. The second-order valence-corrected chi connectivity index (χ2v) is 7.87. The molecule has 0 saturated heterocycles. The molecular weight excluding hydrogens is 422 g/mol. The molecule has 0 saturated carbocycles. The number of anilines is 1. The average Bonchev–Trinajstić information content (AvgIpc) is 3.09. The molecule has 7 heteroatoms. The lowest BCUT2D eigenvalue weighted by Gasteiger charge is -2.30. The number of benzene rings is 3. The summed E-state index contributed by atoms with van der Waals surface area (Å²) in [5, 5.41) is 0. The first kappa shape index (κ1) is 20.8. The first-order valence-corrected chi connectivity index (χ1v) is 10.5. The minimum absolute atomic E-state index is 0.0752. The van der Waals surface area contributed by atoms with Crippen molar-refractivity contribution < 1.29 is 28.6 Å². The van der Waals surface area contributed by atoms with Gasteiger partial charge >= 0.3 is 5.97 Å². The number of methoxy groups -OCH3 is 2. The van der Waals surface area contributed by atoms with Crippen LogP contribution in [0.4, 0.5) is 5.69 Å². The van der Waals surface area contributed by atoms with Gasteiger partial charge in [-0.15, -0.1) is 0 Å². The molecule has 2 aliphatic heterocycles. The van der Waals surface area contributed by atoms with E-state index in [1.54, 1.807) is 13.2 Å². The molecule has 0 fully saturated rings. The van der Waals surface area contributed by atoms with Crippen LogP contribution < -0.4 is 14.4 Å². The van der Waals surface area contributed by atoms with Gasteiger partial charge in [-0.25, -0.2) is 0 Å². The summed E-state index contributed by atoms with van der Waals surface area (Å²) in [6, 6.07) is 18.4. The highest BCUT2D eigenvalue weighted by atomic mass is 16.5. The number of esters is 1. The molecule has 0 aliphatic carbocycles. The summed E-state index contributed by atoms with van der Waals surface area (Å²) >= 11 is 0. The highest BCUT2D eigenvalue weighted by molar-refractivity contribution is 6.52. The molecule has 3 aromatic carbocycles. The van der Waals surface area contributed by atoms with Gasteiger partial charge in [0.15, 0.2) is 0 Å². The van der Waals surface area contributed by atoms with Crippen molar-refractivity contribution >= 4 is 23.3 Å². The van der Waals surface area contributed by atoms with E-state index in [1.807, 2.05) is 54.6 Å². The third-order valence-corrected chi connectivity index (χ3v) is 6.03. The Balaban J connectivity index is 1.62. The second-order valence-electron chi connectivity index (χ2n) is 7.87. The number of ether oxygens (including phenoxy) is 3. The van der Waals surface area contributed by atoms with Gasteiger partial charge in [-0.05, 0) is 35.4 Å². The number of carbonyl (C=O) groups is 3. The maximum absolute atomic E-state index is 13.2. The lowest BCUT2D eigenvalue weighted by molar-refractivity contribution is -0.142. The first-order chi connectivity index (χ1) is 16.0. The molecule has 5 rings (SSSR count). The van der Waals surface area contributed by atoms with Gasteiger partial charge in [0.25, 0.3) is 11.7 Å². The fourth-order valence-corrected chi connectivity index (χ4v) is 4.43. The van der Waals surface area contributed by atoms with Gasteiger partial charge in [0.05, 0.1) is 38.4 Å². The minimum atomic E-state index is -0.741. The number of amides is 1. The van der Waals surface area contributed by atoms with Gasteiger partial charge in [0.1, 0.15) is 17.6 Å². The number of hydrogen-bond donors (Lipinski definition) is 0. The molecule has 2 aliphatic rings. The molecule has 33 heavy (non-hydrogen) atoms. The lowest BCUT2D eigenvalue weighted by Crippen LogP contribution is -2.29. The van der Waals surface area contributed by atoms with Crippen LogP contribution in [0.3, 0.4) is 0 Å². The van der Waals surface area contributed by atoms with Crippen LogP contribution in [0.15, 0.2) is 60.7 Å². The zero-order valence-electron chi connectivity index (χ0n) is 18.2. The van der Waals surface area contributed by atoms with Gasteiger partial charge in [0.2, 0.25) is 0 Å². The minimum Gasteiger partial charge on any atom is -0.497 e. The van der Waals surface area contributed by atoms with Crippen molar-refractivity contribution in [2.75, 3.05) is 19.1 Å². The highest BCUT2D eigenvalue weighted by Crippen LogP contribution is 2.48. The largest absolute Gasteiger partial charge is 0.497 e. The average molecular weight is 443 g/mol. The predicted molar refractivity (Wildman–Crippen MR) is 120 cm³/mol. The van der Waals surface area contributed by atoms with E-state index in [2.05, 4.69) is 0 Å². The Morgan fingerprint density at radius 1 is 0.970 bits per heavy atom. The number of para-hydroxylation sites is 1. The molecule has 2 heterocycles. The number of carbonyl (C=O) groups excluding carboxylic acids is 3. The summed E-state index contributed by atoms with van der Waals surface area (Å²) < 4.78 is 16.2. The van der Waals surface area contributed by atoms with Gasteiger partial charge in [0, 0.05) is 11.1 Å². The summed E-state index contributed by atoms with van der Waals surface area (Å²) in [7, 11) is 2.89. The molecule has 3 aromatic rings. The van der Waals surface area contributed by atoms with Crippen molar-refractivity contribution in [3.63, 3.8) is 0 Å². The summed E-state index contributed by atoms with van der Waals surface area (Å²) in [5.74, 6) is -0.350. The molecule has 0 spiro atoms. The molecule has 166 valence electrons. The van der Waals surface area contributed by atoms with E-state index in [0.29, 0.717) is 22.7 Å². The molecule has 0 radical (unpaired) electrons. The van der Waals surface area contributed by atoms with Crippen LogP contribution in [-0.4, -0.2) is 31.9 Å². The number of ketones is 1. The maximum Gasteiger partial charge on any atom is 0.309 e. The van der Waals surface area contributed by atoms with Crippen molar-refractivity contribution in [1.29, 1.82) is 0 Å². The molecule has 0 bridgehead atoms. The molecule has 1 unspecified atom stereocenters. The van der Waals surface area contributed by atoms with Crippen molar-refractivity contribution in [3.8, 4) is 22.6 Å². The Morgan fingerprint density at radius 3 is 2.45 bits per heavy atom. The van der Waals surface area contributed by atoms with E-state index in [-0.39, 0.29) is 18.5 Å². The number of fused-ring (bicyclic) bond motifs is 5. The monoisotopic (exact) mass is 443 g/mol. The van der Waals surface area contributed by atoms with Crippen LogP contribution >= 0.6 is 0 Å². The van der Waals surface area contributed by atoms with Crippen LogP contribution in [-0.2, 0) is 20.9 Å². The first-order valence-electron chi connectivity index (χ1n) is 10.5. The van der Waals surface area contributed by atoms with Gasteiger partial charge in [-0.3, -0.25) is 14.4 Å². The topological polar surface area (TPSA) is 82.1 Å². The highest BCUT2D eigenvalue weighted by Gasteiger charge is 2.42. The van der Waals surface area contributed by atoms with Crippen molar-refractivity contribution in [1.82, 2.24) is 0 Å². The number of Topliss-reactive ketones (excluding diaryl/α,β-unsaturated/α-hetero) is 1. The quantitative estimate of drug-likeness (QED) is 0.436.